The van der Waals surface area contributed by atoms with Crippen LogP contribution in [0, 0.1) is 0 Å². The molecule has 0 aliphatic carbocycles. The van der Waals surface area contributed by atoms with Crippen LogP contribution < -0.4 is 0 Å². The summed E-state index contributed by atoms with van der Waals surface area (Å²) in [6, 6.07) is 0. The van der Waals surface area contributed by atoms with E-state index in [1.165, 1.54) is 45.2 Å². The molecule has 5 nitrogen and oxygen atoms in total. The number of hydrogen-bond acceptors (Lipinski definition) is 7. The second-order valence-electron chi connectivity index (χ2n) is 2.56. The van der Waals surface area contributed by atoms with Gasteiger partial charge in [-0.05, 0) is 23.2 Å². The van der Waals surface area contributed by atoms with Crippen molar-refractivity contribution < 1.29 is 22.3 Å². The Labute approximate surface area is 112 Å². The van der Waals surface area contributed by atoms with Crippen LogP contribution >= 0.6 is 17.1 Å². The fraction of sp³-hybridized carbons (Fsp3) is 0.500. The molecule has 0 aromatic heterocycles. The molecule has 0 bridgehead atoms. The fourth-order valence-electron chi connectivity index (χ4n) is 0.853. The lowest BCUT2D eigenvalue weighted by Crippen LogP contribution is -2.46. The minimum Gasteiger partial charge on any atom is -0.437 e. The normalized spacial score (nSPS) is 11.9. The van der Waals surface area contributed by atoms with Crippen LogP contribution in [0.15, 0.2) is 25.7 Å². The first-order valence-corrected chi connectivity index (χ1v) is 10.7. The Hall–Kier alpha value is 0.177. The average Bonchev–Trinajstić information content (AvgIpc) is 2.32. The largest absolute Gasteiger partial charge is 0.511 e. The maximum Gasteiger partial charge on any atom is 0.511 e. The summed E-state index contributed by atoms with van der Waals surface area (Å²) >= 11 is 6.53. The van der Waals surface area contributed by atoms with Crippen LogP contribution in [0.3, 0.4) is 0 Å². The second-order valence-corrected chi connectivity index (χ2v) is 12.2. The highest BCUT2D eigenvalue weighted by atomic mass is 32.9. The second kappa shape index (κ2) is 8.31. The molecule has 0 rings (SSSR count). The van der Waals surface area contributed by atoms with E-state index in [1.54, 1.807) is 0 Å². The summed E-state index contributed by atoms with van der Waals surface area (Å²) in [6.45, 7) is 6.92. The summed E-state index contributed by atoms with van der Waals surface area (Å²) in [5.74, 6) is 0. The lowest BCUT2D eigenvalue weighted by Gasteiger charge is -2.26. The van der Waals surface area contributed by atoms with E-state index >= 15 is 0 Å². The zero-order valence-electron chi connectivity index (χ0n) is 10.1. The molecule has 0 unspecified atom stereocenters. The molecule has 0 atom stereocenters. The molecule has 0 amide bonds. The van der Waals surface area contributed by atoms with Crippen LogP contribution in [0.2, 0.25) is 0 Å². The molecular formula is C8H17O5PS2Si. The Kier molecular flexibility index (Phi) is 8.40. The highest BCUT2D eigenvalue weighted by molar-refractivity contribution is 8.68. The van der Waals surface area contributed by atoms with Gasteiger partial charge in [-0.1, -0.05) is 13.2 Å². The van der Waals surface area contributed by atoms with Gasteiger partial charge in [0.1, 0.15) is 0 Å². The molecule has 0 heterocycles. The Bertz CT molecular complexity index is 275. The molecule has 0 spiro atoms. The number of hydrogen-bond donors (Lipinski definition) is 0. The summed E-state index contributed by atoms with van der Waals surface area (Å²) in [7, 11) is 1.91. The third-order valence-corrected chi connectivity index (χ3v) is 10.8. The van der Waals surface area contributed by atoms with Crippen LogP contribution in [0.4, 0.5) is 0 Å². The van der Waals surface area contributed by atoms with Crippen molar-refractivity contribution in [3.05, 3.63) is 25.7 Å². The van der Waals surface area contributed by atoms with E-state index in [4.69, 9.17) is 34.1 Å². The smallest absolute Gasteiger partial charge is 0.437 e. The molecular weight excluding hydrogens is 299 g/mol. The van der Waals surface area contributed by atoms with Crippen molar-refractivity contribution in [1.82, 2.24) is 0 Å². The van der Waals surface area contributed by atoms with Crippen molar-refractivity contribution in [3.8, 4) is 0 Å². The summed E-state index contributed by atoms with van der Waals surface area (Å²) < 4.78 is 26.2. The van der Waals surface area contributed by atoms with Gasteiger partial charge in [-0.25, -0.2) is 0 Å². The molecule has 0 aliphatic rings. The van der Waals surface area contributed by atoms with Gasteiger partial charge >= 0.3 is 14.5 Å². The fourth-order valence-corrected chi connectivity index (χ4v) is 9.93. The van der Waals surface area contributed by atoms with Crippen LogP contribution in [0.1, 0.15) is 0 Å². The summed E-state index contributed by atoms with van der Waals surface area (Å²) in [5.41, 5.74) is -2.55. The van der Waals surface area contributed by atoms with E-state index in [0.717, 1.165) is 0 Å². The van der Waals surface area contributed by atoms with Gasteiger partial charge in [-0.15, -0.1) is 0 Å². The van der Waals surface area contributed by atoms with E-state index in [2.05, 4.69) is 13.2 Å². The van der Waals surface area contributed by atoms with Crippen molar-refractivity contribution in [1.29, 1.82) is 0 Å². The predicted molar refractivity (Wildman–Crippen MR) is 76.1 cm³/mol. The van der Waals surface area contributed by atoms with Crippen LogP contribution in [-0.2, 0) is 34.1 Å². The van der Waals surface area contributed by atoms with E-state index < -0.39 is 14.5 Å². The van der Waals surface area contributed by atoms with Gasteiger partial charge in [0, 0.05) is 21.3 Å². The molecule has 0 aliphatic heterocycles. The first kappa shape index (κ1) is 17.2. The minimum absolute atomic E-state index is 0.426. The Morgan fingerprint density at radius 2 is 1.53 bits per heavy atom. The molecule has 0 saturated carbocycles. The lowest BCUT2D eigenvalue weighted by molar-refractivity contribution is 0.131. The zero-order valence-corrected chi connectivity index (χ0v) is 13.6. The van der Waals surface area contributed by atoms with E-state index in [1.807, 2.05) is 0 Å². The summed E-state index contributed by atoms with van der Waals surface area (Å²) in [6.07, 6.45) is 2.51. The van der Waals surface area contributed by atoms with Gasteiger partial charge < -0.3 is 22.3 Å². The molecule has 0 fully saturated rings. The van der Waals surface area contributed by atoms with Gasteiger partial charge in [-0.3, -0.25) is 0 Å². The molecule has 9 heteroatoms. The van der Waals surface area contributed by atoms with Crippen molar-refractivity contribution in [2.75, 3.05) is 26.7 Å². The number of rotatable bonds is 10. The minimum atomic E-state index is -2.69. The van der Waals surface area contributed by atoms with E-state index in [0.29, 0.717) is 5.38 Å². The lowest BCUT2D eigenvalue weighted by atomic mass is 11.2. The third kappa shape index (κ3) is 5.56. The van der Waals surface area contributed by atoms with Gasteiger partial charge in [0.2, 0.25) is 0 Å². The first-order chi connectivity index (χ1) is 8.01. The highest BCUT2D eigenvalue weighted by Crippen LogP contribution is 2.61. The predicted octanol–water partition coefficient (Wildman–Crippen LogP) is 2.68. The van der Waals surface area contributed by atoms with Gasteiger partial charge in [0.25, 0.3) is 0 Å². The molecule has 0 N–H and O–H groups in total. The van der Waals surface area contributed by atoms with Crippen molar-refractivity contribution >= 4 is 37.7 Å². The first-order valence-electron chi connectivity index (χ1n) is 4.50. The van der Waals surface area contributed by atoms with Gasteiger partial charge in [-0.2, -0.15) is 0 Å². The quantitative estimate of drug-likeness (QED) is 0.349. The Morgan fingerprint density at radius 1 is 1.12 bits per heavy atom. The summed E-state index contributed by atoms with van der Waals surface area (Å²) in [5, 5.41) is 0.426. The standard InChI is InChI=1S/C8H17O5PS2Si/c1-6-12-14(15,13-7-2)16-8-17(9-3,10-4)11-5/h6-7H,1-2,8H2,3-5H3. The zero-order chi connectivity index (χ0) is 13.4. The monoisotopic (exact) mass is 316 g/mol. The molecule has 17 heavy (non-hydrogen) atoms. The summed E-state index contributed by atoms with van der Waals surface area (Å²) in [4.78, 5) is 0. The van der Waals surface area contributed by atoms with Crippen molar-refractivity contribution in [2.45, 2.75) is 0 Å². The van der Waals surface area contributed by atoms with E-state index in [9.17, 15) is 0 Å². The SMILES string of the molecule is C=COP(=S)(OC=C)SC[Si](OC)(OC)OC. The highest BCUT2D eigenvalue weighted by Gasteiger charge is 2.41. The third-order valence-electron chi connectivity index (χ3n) is 1.74. The van der Waals surface area contributed by atoms with Gasteiger partial charge in [0.15, 0.2) is 0 Å². The maximum atomic E-state index is 5.27. The topological polar surface area (TPSA) is 46.2 Å². The Balaban J connectivity index is 4.62. The maximum absolute atomic E-state index is 5.27. The average molecular weight is 316 g/mol. The van der Waals surface area contributed by atoms with E-state index in [-0.39, 0.29) is 0 Å². The van der Waals surface area contributed by atoms with Crippen molar-refractivity contribution in [2.24, 2.45) is 0 Å². The molecule has 0 aromatic carbocycles. The molecule has 0 radical (unpaired) electrons. The van der Waals surface area contributed by atoms with Crippen molar-refractivity contribution in [3.63, 3.8) is 0 Å². The van der Waals surface area contributed by atoms with Crippen LogP contribution in [0.25, 0.3) is 0 Å². The van der Waals surface area contributed by atoms with Gasteiger partial charge in [0.05, 0.1) is 17.9 Å². The molecule has 0 aromatic rings. The molecule has 0 saturated heterocycles. The van der Waals surface area contributed by atoms with Crippen LogP contribution in [-0.4, -0.2) is 35.5 Å². The molecule has 100 valence electrons. The van der Waals surface area contributed by atoms with Crippen LogP contribution in [0.5, 0.6) is 0 Å². The Morgan fingerprint density at radius 3 is 1.82 bits per heavy atom.